The molecule has 280 valence electrons. The number of carbonyl (C=O) groups excluding carboxylic acids is 3. The normalized spacial score (nSPS) is 22.2. The lowest BCUT2D eigenvalue weighted by molar-refractivity contribution is -0.175. The molecule has 0 saturated carbocycles. The minimum Gasteiger partial charge on any atom is -0.464 e. The van der Waals surface area contributed by atoms with Crippen LogP contribution in [0.4, 0.5) is 5.82 Å². The molecule has 4 rings (SSSR count). The topological polar surface area (TPSA) is 192 Å². The number of fused-ring (bicyclic) bond motifs is 1. The fraction of sp³-hybridized carbons (Fsp3) is 0.571. The molecule has 1 aliphatic heterocycles. The summed E-state index contributed by atoms with van der Waals surface area (Å²) in [4.78, 5) is 43.3. The van der Waals surface area contributed by atoms with Crippen molar-refractivity contribution in [2.24, 2.45) is 17.8 Å². The molecule has 6 atom stereocenters. The average molecular weight is 732 g/mol. The number of aromatic nitrogens is 3. The maximum atomic E-state index is 14.4. The van der Waals surface area contributed by atoms with E-state index in [9.17, 15) is 18.9 Å². The maximum Gasteiger partial charge on any atom is 0.459 e. The highest BCUT2D eigenvalue weighted by molar-refractivity contribution is 7.52. The van der Waals surface area contributed by atoms with Crippen LogP contribution in [0.2, 0.25) is 0 Å². The minimum atomic E-state index is -4.38. The van der Waals surface area contributed by atoms with Crippen LogP contribution >= 0.6 is 7.75 Å². The Labute approximate surface area is 298 Å². The molecule has 3 N–H and O–H groups in total. The number of esters is 3. The van der Waals surface area contributed by atoms with E-state index in [1.54, 1.807) is 77.1 Å². The third-order valence-electron chi connectivity index (χ3n) is 8.73. The van der Waals surface area contributed by atoms with Crippen molar-refractivity contribution in [3.8, 4) is 5.75 Å². The lowest BCUT2D eigenvalue weighted by Crippen LogP contribution is -2.46. The van der Waals surface area contributed by atoms with Crippen LogP contribution in [0.3, 0.4) is 0 Å². The van der Waals surface area contributed by atoms with Crippen LogP contribution in [0.1, 0.15) is 73.9 Å². The number of benzene rings is 1. The quantitative estimate of drug-likeness (QED) is 0.104. The summed E-state index contributed by atoms with van der Waals surface area (Å²) in [5, 5.41) is 7.03. The maximum absolute atomic E-state index is 14.4. The van der Waals surface area contributed by atoms with Gasteiger partial charge in [0.2, 0.25) is 0 Å². The fourth-order valence-corrected chi connectivity index (χ4v) is 6.99. The van der Waals surface area contributed by atoms with Crippen LogP contribution in [0.5, 0.6) is 5.75 Å². The number of para-hydroxylation sites is 1. The molecule has 15 nitrogen and oxygen atoms in total. The van der Waals surface area contributed by atoms with Crippen LogP contribution in [-0.4, -0.2) is 70.1 Å². The number of carbonyl (C=O) groups is 3. The number of nitrogens with zero attached hydrogens (tertiary/aromatic N) is 3. The molecule has 1 aromatic carbocycles. The molecule has 3 heterocycles. The van der Waals surface area contributed by atoms with Crippen LogP contribution in [0.15, 0.2) is 48.8 Å². The van der Waals surface area contributed by atoms with E-state index >= 15 is 0 Å². The second kappa shape index (κ2) is 17.0. The van der Waals surface area contributed by atoms with E-state index < -0.39 is 74.1 Å². The predicted molar refractivity (Wildman–Crippen MR) is 187 cm³/mol. The number of rotatable bonds is 17. The SMILES string of the molecule is CCC(CC)COC(=O)[C@H](C)NP(=O)(OC[C@H]1O[C@@](C)(c2ccc3c(N)ncnn23)[C@H](OC(=O)C(C)C)[C@@H]1OC(=O)C(C)C)Oc1ccccc1. The highest BCUT2D eigenvalue weighted by atomic mass is 31.2. The van der Waals surface area contributed by atoms with Crippen LogP contribution in [-0.2, 0) is 48.0 Å². The van der Waals surface area contributed by atoms with Gasteiger partial charge in [-0.2, -0.15) is 10.2 Å². The Morgan fingerprint density at radius 3 is 2.25 bits per heavy atom. The van der Waals surface area contributed by atoms with Gasteiger partial charge in [-0.05, 0) is 44.0 Å². The van der Waals surface area contributed by atoms with Crippen molar-refractivity contribution < 1.29 is 46.9 Å². The summed E-state index contributed by atoms with van der Waals surface area (Å²) in [6.07, 6.45) is -0.696. The predicted octanol–water partition coefficient (Wildman–Crippen LogP) is 5.22. The molecule has 1 fully saturated rings. The Bertz CT molecular complexity index is 1700. The molecule has 0 radical (unpaired) electrons. The van der Waals surface area contributed by atoms with E-state index in [1.807, 2.05) is 13.8 Å². The fourth-order valence-electron chi connectivity index (χ4n) is 5.49. The molecule has 0 aliphatic carbocycles. The van der Waals surface area contributed by atoms with E-state index in [4.69, 9.17) is 33.7 Å². The number of anilines is 1. The van der Waals surface area contributed by atoms with Gasteiger partial charge in [0.25, 0.3) is 0 Å². The van der Waals surface area contributed by atoms with Gasteiger partial charge in [-0.15, -0.1) is 0 Å². The Kier molecular flexibility index (Phi) is 13.2. The van der Waals surface area contributed by atoms with Gasteiger partial charge in [-0.3, -0.25) is 18.9 Å². The van der Waals surface area contributed by atoms with Gasteiger partial charge < -0.3 is 29.2 Å². The summed E-state index contributed by atoms with van der Waals surface area (Å²) < 4.78 is 51.9. The first-order chi connectivity index (χ1) is 24.1. The van der Waals surface area contributed by atoms with Crippen molar-refractivity contribution in [3.05, 3.63) is 54.5 Å². The molecular formula is C35H50N5O10P. The largest absolute Gasteiger partial charge is 0.464 e. The molecule has 1 aliphatic rings. The summed E-state index contributed by atoms with van der Waals surface area (Å²) in [6, 6.07) is 10.6. The van der Waals surface area contributed by atoms with Gasteiger partial charge in [0.15, 0.2) is 18.0 Å². The highest BCUT2D eigenvalue weighted by Gasteiger charge is 2.59. The van der Waals surface area contributed by atoms with E-state index in [2.05, 4.69) is 15.2 Å². The molecule has 1 unspecified atom stereocenters. The van der Waals surface area contributed by atoms with Crippen LogP contribution in [0, 0.1) is 17.8 Å². The van der Waals surface area contributed by atoms with Crippen molar-refractivity contribution in [1.29, 1.82) is 0 Å². The first kappa shape index (κ1) is 39.7. The van der Waals surface area contributed by atoms with Gasteiger partial charge in [-0.25, -0.2) is 14.1 Å². The zero-order valence-electron chi connectivity index (χ0n) is 30.4. The van der Waals surface area contributed by atoms with Crippen molar-refractivity contribution in [2.45, 2.75) is 98.2 Å². The van der Waals surface area contributed by atoms with Gasteiger partial charge >= 0.3 is 25.7 Å². The summed E-state index contributed by atoms with van der Waals surface area (Å²) >= 11 is 0. The Balaban J connectivity index is 1.71. The lowest BCUT2D eigenvalue weighted by atomic mass is 9.92. The molecule has 2 aromatic heterocycles. The molecule has 16 heteroatoms. The molecule has 1 saturated heterocycles. The van der Waals surface area contributed by atoms with Gasteiger partial charge in [-0.1, -0.05) is 72.6 Å². The summed E-state index contributed by atoms with van der Waals surface area (Å²) in [5.41, 5.74) is 5.50. The van der Waals surface area contributed by atoms with Crippen LogP contribution in [0.25, 0.3) is 5.52 Å². The van der Waals surface area contributed by atoms with Gasteiger partial charge in [0.1, 0.15) is 35.3 Å². The minimum absolute atomic E-state index is 0.183. The van der Waals surface area contributed by atoms with Gasteiger partial charge in [0.05, 0.1) is 30.7 Å². The molecule has 0 bridgehead atoms. The lowest BCUT2D eigenvalue weighted by Gasteiger charge is -2.31. The molecule has 3 aromatic rings. The Morgan fingerprint density at radius 2 is 1.63 bits per heavy atom. The Morgan fingerprint density at radius 1 is 0.980 bits per heavy atom. The number of ether oxygens (including phenoxy) is 4. The zero-order valence-corrected chi connectivity index (χ0v) is 31.3. The monoisotopic (exact) mass is 731 g/mol. The van der Waals surface area contributed by atoms with Crippen molar-refractivity contribution in [1.82, 2.24) is 19.7 Å². The number of nitrogen functional groups attached to an aromatic ring is 1. The third-order valence-corrected chi connectivity index (χ3v) is 10.4. The second-order valence-electron chi connectivity index (χ2n) is 13.4. The van der Waals surface area contributed by atoms with E-state index in [0.29, 0.717) is 11.2 Å². The smallest absolute Gasteiger partial charge is 0.459 e. The van der Waals surface area contributed by atoms with Gasteiger partial charge in [0, 0.05) is 0 Å². The van der Waals surface area contributed by atoms with Crippen molar-refractivity contribution >= 4 is 37.0 Å². The average Bonchev–Trinajstić information content (AvgIpc) is 3.65. The third kappa shape index (κ3) is 9.45. The highest BCUT2D eigenvalue weighted by Crippen LogP contribution is 2.48. The first-order valence-corrected chi connectivity index (χ1v) is 18.8. The summed E-state index contributed by atoms with van der Waals surface area (Å²) in [5.74, 6) is -2.31. The van der Waals surface area contributed by atoms with E-state index in [1.165, 1.54) is 17.8 Å². The summed E-state index contributed by atoms with van der Waals surface area (Å²) in [7, 11) is -4.38. The second-order valence-corrected chi connectivity index (χ2v) is 15.0. The summed E-state index contributed by atoms with van der Waals surface area (Å²) in [6.45, 7) is 13.6. The van der Waals surface area contributed by atoms with Crippen molar-refractivity contribution in [2.75, 3.05) is 18.9 Å². The van der Waals surface area contributed by atoms with Crippen LogP contribution < -0.4 is 15.3 Å². The number of hydrogen-bond acceptors (Lipinski definition) is 13. The molecule has 0 amide bonds. The molecule has 51 heavy (non-hydrogen) atoms. The molecular weight excluding hydrogens is 681 g/mol. The van der Waals surface area contributed by atoms with E-state index in [0.717, 1.165) is 12.8 Å². The van der Waals surface area contributed by atoms with Crippen molar-refractivity contribution in [3.63, 3.8) is 0 Å². The van der Waals surface area contributed by atoms with E-state index in [-0.39, 0.29) is 24.1 Å². The number of nitrogens with one attached hydrogen (secondary N) is 1. The zero-order chi connectivity index (χ0) is 37.5. The molecule has 0 spiro atoms. The standard InChI is InChI=1S/C35H50N5O10P/c1-9-24(10-2)18-45-34(43)23(7)39-51(44,50-25-14-12-11-13-15-25)46-19-27-29(47-32(41)21(3)4)30(48-33(42)22(5)6)35(8,49-27)28-17-16-26-31(36)37-20-38-40(26)28/h11-17,20-24,27,29-30H,9-10,18-19H2,1-8H3,(H,39,44)(H2,36,37,38)/t23-,27+,29+,30+,35-,51?/m0/s1. The first-order valence-electron chi connectivity index (χ1n) is 17.2. The number of hydrogen-bond donors (Lipinski definition) is 2. The number of nitrogens with two attached hydrogens (primary N) is 1. The Hall–Kier alpha value is -4.04.